The summed E-state index contributed by atoms with van der Waals surface area (Å²) >= 11 is 8.27. The van der Waals surface area contributed by atoms with Crippen molar-refractivity contribution in [2.24, 2.45) is 5.92 Å². The van der Waals surface area contributed by atoms with Gasteiger partial charge in [-0.3, -0.25) is 23.3 Å². The molecule has 1 aliphatic carbocycles. The van der Waals surface area contributed by atoms with Crippen LogP contribution in [0.1, 0.15) is 19.1 Å². The van der Waals surface area contributed by atoms with Gasteiger partial charge in [0.1, 0.15) is 30.7 Å². The standard InChI is InChI=1S/C21H26N6O10P2S2/c22-21-25-18-12(19(29)26-21)2-4-27(18)20-17-16(28)14(35-20)8-33-38(30,40)36-13-6-11(34-15-1-3-23-9-24-15)5-10(13)7-32-39(31,41)37-17/h1-4,9-11,13-14,16-17,20,28H,5-8H2,(H,30,40)(H,31,41)(H3,22,25,26,29)/t10-,11-,13+,14-,16-,17-,20-,38?,39?/m1/s1. The summed E-state index contributed by atoms with van der Waals surface area (Å²) in [5.74, 6) is -0.264. The Morgan fingerprint density at radius 2 is 1.90 bits per heavy atom. The number of aromatic nitrogens is 5. The second-order valence-corrected chi connectivity index (χ2v) is 15.5. The average Bonchev–Trinajstić information content (AvgIpc) is 3.57. The Kier molecular flexibility index (Phi) is 8.00. The van der Waals surface area contributed by atoms with Crippen LogP contribution in [0, 0.1) is 5.92 Å². The van der Waals surface area contributed by atoms with Gasteiger partial charge in [0.05, 0.1) is 24.7 Å². The molecule has 0 amide bonds. The van der Waals surface area contributed by atoms with Gasteiger partial charge < -0.3 is 29.4 Å². The number of nitrogen functional groups attached to an aromatic ring is 1. The first-order valence-electron chi connectivity index (χ1n) is 12.4. The number of nitrogens with one attached hydrogen (secondary N) is 1. The average molecular weight is 649 g/mol. The molecule has 5 heterocycles. The number of nitrogens with two attached hydrogens (primary N) is 1. The monoisotopic (exact) mass is 648 g/mol. The number of hydrogen-bond acceptors (Lipinski definition) is 14. The van der Waals surface area contributed by atoms with Gasteiger partial charge in [0.15, 0.2) is 11.9 Å². The molecule has 4 N–H and O–H groups in total. The fraction of sp³-hybridized carbons (Fsp3) is 0.524. The maximum atomic E-state index is 13.4. The molecule has 20 heteroatoms. The molecular weight excluding hydrogens is 622 g/mol. The number of fused-ring (bicyclic) bond motifs is 4. The molecule has 0 spiro atoms. The molecule has 3 aromatic heterocycles. The third-order valence-electron chi connectivity index (χ3n) is 6.99. The van der Waals surface area contributed by atoms with E-state index in [2.05, 4.69) is 44.4 Å². The molecule has 0 radical (unpaired) electrons. The summed E-state index contributed by atoms with van der Waals surface area (Å²) in [6.45, 7) is -8.74. The number of thiol groups is 2. The third kappa shape index (κ3) is 6.22. The Morgan fingerprint density at radius 1 is 1.12 bits per heavy atom. The van der Waals surface area contributed by atoms with E-state index in [9.17, 15) is 19.0 Å². The van der Waals surface area contributed by atoms with Crippen molar-refractivity contribution >= 4 is 55.1 Å². The van der Waals surface area contributed by atoms with Crippen molar-refractivity contribution in [3.8, 4) is 5.88 Å². The number of H-pyrrole nitrogens is 1. The van der Waals surface area contributed by atoms with E-state index in [1.54, 1.807) is 6.07 Å². The summed E-state index contributed by atoms with van der Waals surface area (Å²) in [6.07, 6.45) is -1.22. The second kappa shape index (κ2) is 11.3. The molecule has 9 atom stereocenters. The number of ether oxygens (including phenoxy) is 2. The van der Waals surface area contributed by atoms with Gasteiger partial charge in [-0.25, -0.2) is 19.1 Å². The lowest BCUT2D eigenvalue weighted by atomic mass is 10.1. The van der Waals surface area contributed by atoms with Crippen molar-refractivity contribution in [1.29, 1.82) is 0 Å². The Balaban J connectivity index is 1.28. The first-order valence-corrected chi connectivity index (χ1v) is 17.8. The van der Waals surface area contributed by atoms with E-state index in [1.165, 1.54) is 29.4 Å². The van der Waals surface area contributed by atoms with Crippen LogP contribution in [0.5, 0.6) is 5.88 Å². The summed E-state index contributed by atoms with van der Waals surface area (Å²) in [6, 6.07) is 3.07. The summed E-state index contributed by atoms with van der Waals surface area (Å²) in [4.78, 5) is 26.8. The van der Waals surface area contributed by atoms with Crippen LogP contribution in [-0.2, 0) is 32.0 Å². The zero-order chi connectivity index (χ0) is 28.9. The van der Waals surface area contributed by atoms with E-state index in [0.717, 1.165) is 0 Å². The fourth-order valence-electron chi connectivity index (χ4n) is 5.16. The number of aromatic amines is 1. The number of aliphatic hydroxyl groups is 1. The highest BCUT2D eigenvalue weighted by Crippen LogP contribution is 2.60. The predicted octanol–water partition coefficient (Wildman–Crippen LogP) is 2.11. The van der Waals surface area contributed by atoms with E-state index in [-0.39, 0.29) is 30.0 Å². The quantitative estimate of drug-likeness (QED) is 0.203. The number of anilines is 1. The maximum absolute atomic E-state index is 13.4. The SMILES string of the molecule is Nc1nc2c(ccn2[C@@H]2O[C@@H]3COP(=O)(S)O[C@H]4C[C@H](Oc5ccncn5)C[C@@H]4COP(=O)(S)O[C@@H]2[C@@H]3O)c(=O)[nH]1. The van der Waals surface area contributed by atoms with Crippen molar-refractivity contribution in [1.82, 2.24) is 24.5 Å². The lowest BCUT2D eigenvalue weighted by molar-refractivity contribution is -0.0485. The number of nitrogens with zero attached hydrogens (tertiary/aromatic N) is 4. The van der Waals surface area contributed by atoms with Crippen molar-refractivity contribution in [2.75, 3.05) is 18.9 Å². The zero-order valence-electron chi connectivity index (χ0n) is 21.0. The molecule has 222 valence electrons. The summed E-state index contributed by atoms with van der Waals surface area (Å²) < 4.78 is 62.6. The lowest BCUT2D eigenvalue weighted by Crippen LogP contribution is -2.35. The van der Waals surface area contributed by atoms with Gasteiger partial charge in [-0.1, -0.05) is 24.5 Å². The topological polar surface area (TPSA) is 212 Å². The van der Waals surface area contributed by atoms with Crippen LogP contribution < -0.4 is 16.0 Å². The molecule has 16 nitrogen and oxygen atoms in total. The molecule has 6 rings (SSSR count). The second-order valence-electron chi connectivity index (χ2n) is 9.73. The van der Waals surface area contributed by atoms with E-state index in [4.69, 9.17) is 33.3 Å². The molecule has 1 saturated carbocycles. The van der Waals surface area contributed by atoms with Gasteiger partial charge in [-0.15, -0.1) is 0 Å². The van der Waals surface area contributed by atoms with E-state index in [1.807, 2.05) is 0 Å². The van der Waals surface area contributed by atoms with E-state index < -0.39 is 68.4 Å². The van der Waals surface area contributed by atoms with E-state index in [0.29, 0.717) is 12.3 Å². The molecule has 2 aliphatic heterocycles. The maximum Gasteiger partial charge on any atom is 0.386 e. The van der Waals surface area contributed by atoms with Gasteiger partial charge in [-0.2, -0.15) is 4.98 Å². The first-order chi connectivity index (χ1) is 19.5. The van der Waals surface area contributed by atoms with Crippen LogP contribution in [-0.4, -0.2) is 73.3 Å². The van der Waals surface area contributed by atoms with Gasteiger partial charge >= 0.3 is 13.6 Å². The predicted molar refractivity (Wildman–Crippen MR) is 149 cm³/mol. The summed E-state index contributed by atoms with van der Waals surface area (Å²) in [7, 11) is 0. The van der Waals surface area contributed by atoms with Crippen LogP contribution in [0.15, 0.2) is 35.6 Å². The molecule has 2 saturated heterocycles. The van der Waals surface area contributed by atoms with Crippen LogP contribution in [0.4, 0.5) is 5.95 Å². The third-order valence-corrected chi connectivity index (χ3v) is 10.2. The van der Waals surface area contributed by atoms with Crippen LogP contribution in [0.25, 0.3) is 11.0 Å². The molecule has 41 heavy (non-hydrogen) atoms. The Hall–Kier alpha value is -1.98. The highest BCUT2D eigenvalue weighted by Gasteiger charge is 2.51. The van der Waals surface area contributed by atoms with Crippen LogP contribution >= 0.6 is 38.1 Å². The highest BCUT2D eigenvalue weighted by molar-refractivity contribution is 8.44. The van der Waals surface area contributed by atoms with Crippen molar-refractivity contribution in [3.05, 3.63) is 41.2 Å². The van der Waals surface area contributed by atoms with Gasteiger partial charge in [0.2, 0.25) is 11.8 Å². The van der Waals surface area contributed by atoms with Crippen LogP contribution in [0.2, 0.25) is 0 Å². The largest absolute Gasteiger partial charge is 0.474 e. The Morgan fingerprint density at radius 3 is 2.68 bits per heavy atom. The molecular formula is C21H26N6O10P2S2. The van der Waals surface area contributed by atoms with Gasteiger partial charge in [-0.05, 0) is 12.5 Å². The van der Waals surface area contributed by atoms with Crippen LogP contribution in [0.3, 0.4) is 0 Å². The van der Waals surface area contributed by atoms with Crippen molar-refractivity contribution in [3.63, 3.8) is 0 Å². The molecule has 3 aromatic rings. The van der Waals surface area contributed by atoms with Gasteiger partial charge in [0.25, 0.3) is 5.56 Å². The van der Waals surface area contributed by atoms with Crippen molar-refractivity contribution in [2.45, 2.75) is 49.6 Å². The molecule has 2 bridgehead atoms. The molecule has 2 unspecified atom stereocenters. The normalized spacial score (nSPS) is 38.1. The number of hydrogen-bond donors (Lipinski definition) is 5. The highest BCUT2D eigenvalue weighted by atomic mass is 32.7. The van der Waals surface area contributed by atoms with Gasteiger partial charge in [0, 0.05) is 30.8 Å². The zero-order valence-corrected chi connectivity index (χ0v) is 24.6. The molecule has 3 aliphatic rings. The molecule has 0 aromatic carbocycles. The minimum atomic E-state index is -4.14. The number of aliphatic hydroxyl groups excluding tert-OH is 1. The van der Waals surface area contributed by atoms with E-state index >= 15 is 0 Å². The smallest absolute Gasteiger partial charge is 0.386 e. The minimum Gasteiger partial charge on any atom is -0.474 e. The molecule has 3 fully saturated rings. The Bertz CT molecular complexity index is 1580. The summed E-state index contributed by atoms with van der Waals surface area (Å²) in [5, 5.41) is 11.3. The summed E-state index contributed by atoms with van der Waals surface area (Å²) in [5.41, 5.74) is 5.36. The minimum absolute atomic E-state index is 0.126. The fourth-order valence-corrected chi connectivity index (χ4v) is 8.22. The number of rotatable bonds is 3. The lowest BCUT2D eigenvalue weighted by Gasteiger charge is -2.26. The Labute approximate surface area is 242 Å². The van der Waals surface area contributed by atoms with Crippen molar-refractivity contribution < 1.29 is 41.8 Å². The first kappa shape index (κ1) is 29.1.